The van der Waals surface area contributed by atoms with Crippen molar-refractivity contribution in [3.05, 3.63) is 12.2 Å². The van der Waals surface area contributed by atoms with Crippen LogP contribution < -0.4 is 0 Å². The van der Waals surface area contributed by atoms with Gasteiger partial charge in [-0.15, -0.1) is 0 Å². The fraction of sp³-hybridized carbons (Fsp3) is 0.500. The van der Waals surface area contributed by atoms with Crippen molar-refractivity contribution in [2.24, 2.45) is 0 Å². The first kappa shape index (κ1) is 5.51. The molecule has 1 rings (SSSR count). The summed E-state index contributed by atoms with van der Waals surface area (Å²) in [6.45, 7) is 2.15. The van der Waals surface area contributed by atoms with E-state index in [0.717, 1.165) is 0 Å². The Kier molecular flexibility index (Phi) is 1.44. The summed E-state index contributed by atoms with van der Waals surface area (Å²) in [5.74, 6) is 0.0584. The molecule has 0 aromatic rings. The Morgan fingerprint density at radius 2 is 2.62 bits per heavy atom. The number of carbonyl (C=O) groups excluding carboxylic acids is 1. The molecule has 0 aromatic heterocycles. The fourth-order valence-corrected chi connectivity index (χ4v) is 0.560. The molecule has 2 heteroatoms. The number of hydrogen-bond acceptors (Lipinski definition) is 2. The minimum atomic E-state index is 0.0584. The Morgan fingerprint density at radius 3 is 3.00 bits per heavy atom. The molecule has 0 N–H and O–H groups in total. The van der Waals surface area contributed by atoms with Gasteiger partial charge in [0.05, 0.1) is 6.10 Å². The van der Waals surface area contributed by atoms with Gasteiger partial charge in [-0.05, 0) is 13.0 Å². The van der Waals surface area contributed by atoms with Gasteiger partial charge in [-0.1, -0.05) is 6.08 Å². The summed E-state index contributed by atoms with van der Waals surface area (Å²) in [7, 11) is 0. The van der Waals surface area contributed by atoms with E-state index in [0.29, 0.717) is 0 Å². The summed E-state index contributed by atoms with van der Waals surface area (Å²) in [5.41, 5.74) is 0. The van der Waals surface area contributed by atoms with Gasteiger partial charge in [-0.2, -0.15) is 0 Å². The molecular weight excluding hydrogens is 104 g/mol. The van der Waals surface area contributed by atoms with E-state index in [1.165, 1.54) is 0 Å². The van der Waals surface area contributed by atoms with E-state index in [9.17, 15) is 4.79 Å². The Hall–Kier alpha value is -0.630. The Bertz CT molecular complexity index is 126. The molecule has 0 saturated heterocycles. The predicted molar refractivity (Wildman–Crippen MR) is 29.6 cm³/mol. The molecule has 1 aliphatic rings. The Morgan fingerprint density at radius 1 is 1.88 bits per heavy atom. The van der Waals surface area contributed by atoms with E-state index in [-0.39, 0.29) is 18.5 Å². The van der Waals surface area contributed by atoms with Gasteiger partial charge in [0.25, 0.3) is 0 Å². The minimum Gasteiger partial charge on any atom is -0.366 e. The monoisotopic (exact) mass is 112 g/mol. The Balaban J connectivity index is 2.55. The molecule has 0 bridgehead atoms. The van der Waals surface area contributed by atoms with E-state index in [2.05, 4.69) is 0 Å². The van der Waals surface area contributed by atoms with Crippen molar-refractivity contribution < 1.29 is 9.53 Å². The first-order valence-electron chi connectivity index (χ1n) is 2.61. The first-order chi connectivity index (χ1) is 3.79. The molecule has 44 valence electrons. The largest absolute Gasteiger partial charge is 0.366 e. The molecule has 0 amide bonds. The van der Waals surface area contributed by atoms with Crippen LogP contribution in [-0.4, -0.2) is 18.5 Å². The summed E-state index contributed by atoms with van der Waals surface area (Å²) < 4.78 is 4.95. The second kappa shape index (κ2) is 2.09. The molecule has 8 heavy (non-hydrogen) atoms. The number of ether oxygens (including phenoxy) is 1. The number of carbonyl (C=O) groups is 1. The SMILES string of the molecule is C[C@H]1C=CC(=O)CO1. The van der Waals surface area contributed by atoms with Crippen LogP contribution in [0, 0.1) is 0 Å². The summed E-state index contributed by atoms with van der Waals surface area (Å²) in [5, 5.41) is 0. The highest BCUT2D eigenvalue weighted by atomic mass is 16.5. The average molecular weight is 112 g/mol. The molecule has 1 aliphatic heterocycles. The van der Waals surface area contributed by atoms with Crippen LogP contribution in [0.25, 0.3) is 0 Å². The van der Waals surface area contributed by atoms with Gasteiger partial charge in [0.2, 0.25) is 0 Å². The fourth-order valence-electron chi connectivity index (χ4n) is 0.560. The summed E-state index contributed by atoms with van der Waals surface area (Å²) in [4.78, 5) is 10.4. The zero-order chi connectivity index (χ0) is 5.98. The van der Waals surface area contributed by atoms with Gasteiger partial charge in [0.15, 0.2) is 5.78 Å². The third kappa shape index (κ3) is 1.17. The molecule has 1 atom stereocenters. The van der Waals surface area contributed by atoms with Crippen LogP contribution in [0.5, 0.6) is 0 Å². The van der Waals surface area contributed by atoms with Crippen LogP contribution in [-0.2, 0) is 9.53 Å². The van der Waals surface area contributed by atoms with Crippen molar-refractivity contribution in [3.8, 4) is 0 Å². The lowest BCUT2D eigenvalue weighted by Crippen LogP contribution is -2.17. The maximum Gasteiger partial charge on any atom is 0.181 e. The van der Waals surface area contributed by atoms with Gasteiger partial charge in [-0.3, -0.25) is 4.79 Å². The van der Waals surface area contributed by atoms with Crippen LogP contribution in [0.1, 0.15) is 6.92 Å². The van der Waals surface area contributed by atoms with Crippen LogP contribution >= 0.6 is 0 Å². The molecule has 2 nitrogen and oxygen atoms in total. The minimum absolute atomic E-state index is 0.0584. The van der Waals surface area contributed by atoms with Gasteiger partial charge in [0.1, 0.15) is 6.61 Å². The lowest BCUT2D eigenvalue weighted by Gasteiger charge is -2.10. The zero-order valence-electron chi connectivity index (χ0n) is 4.76. The normalized spacial score (nSPS) is 28.6. The Labute approximate surface area is 48.1 Å². The summed E-state index contributed by atoms with van der Waals surface area (Å²) in [6, 6.07) is 0. The van der Waals surface area contributed by atoms with Crippen molar-refractivity contribution in [3.63, 3.8) is 0 Å². The van der Waals surface area contributed by atoms with E-state index in [4.69, 9.17) is 4.74 Å². The van der Waals surface area contributed by atoms with Crippen LogP contribution in [0.15, 0.2) is 12.2 Å². The molecule has 0 saturated carbocycles. The van der Waals surface area contributed by atoms with E-state index < -0.39 is 0 Å². The molecular formula is C6H8O2. The quantitative estimate of drug-likeness (QED) is 0.457. The van der Waals surface area contributed by atoms with Crippen molar-refractivity contribution in [1.29, 1.82) is 0 Å². The van der Waals surface area contributed by atoms with Gasteiger partial charge in [0, 0.05) is 0 Å². The second-order valence-corrected chi connectivity index (χ2v) is 1.84. The molecule has 0 spiro atoms. The average Bonchev–Trinajstić information content (AvgIpc) is 1.77. The molecule has 0 aliphatic carbocycles. The van der Waals surface area contributed by atoms with Crippen molar-refractivity contribution >= 4 is 5.78 Å². The molecule has 0 fully saturated rings. The molecule has 0 radical (unpaired) electrons. The molecule has 0 unspecified atom stereocenters. The number of rotatable bonds is 0. The maximum absolute atomic E-state index is 10.4. The molecule has 1 heterocycles. The van der Waals surface area contributed by atoms with Gasteiger partial charge >= 0.3 is 0 Å². The van der Waals surface area contributed by atoms with Crippen molar-refractivity contribution in [2.75, 3.05) is 6.61 Å². The summed E-state index contributed by atoms with van der Waals surface area (Å²) in [6.07, 6.45) is 3.44. The third-order valence-electron chi connectivity index (χ3n) is 1.04. The topological polar surface area (TPSA) is 26.3 Å². The highest BCUT2D eigenvalue weighted by Gasteiger charge is 2.06. The van der Waals surface area contributed by atoms with Crippen LogP contribution in [0.2, 0.25) is 0 Å². The maximum atomic E-state index is 10.4. The van der Waals surface area contributed by atoms with Crippen molar-refractivity contribution in [1.82, 2.24) is 0 Å². The van der Waals surface area contributed by atoms with Gasteiger partial charge in [-0.25, -0.2) is 0 Å². The van der Waals surface area contributed by atoms with Gasteiger partial charge < -0.3 is 4.74 Å². The van der Waals surface area contributed by atoms with Crippen molar-refractivity contribution in [2.45, 2.75) is 13.0 Å². The van der Waals surface area contributed by atoms with E-state index in [1.807, 2.05) is 6.92 Å². The van der Waals surface area contributed by atoms with E-state index >= 15 is 0 Å². The highest BCUT2D eigenvalue weighted by Crippen LogP contribution is 1.98. The summed E-state index contributed by atoms with van der Waals surface area (Å²) >= 11 is 0. The standard InChI is InChI=1S/C6H8O2/c1-5-2-3-6(7)4-8-5/h2-3,5H,4H2,1H3/t5-/m0/s1. The number of ketones is 1. The second-order valence-electron chi connectivity index (χ2n) is 1.84. The van der Waals surface area contributed by atoms with Crippen LogP contribution in [0.4, 0.5) is 0 Å². The molecule has 0 aromatic carbocycles. The smallest absolute Gasteiger partial charge is 0.181 e. The third-order valence-corrected chi connectivity index (χ3v) is 1.04. The van der Waals surface area contributed by atoms with E-state index in [1.54, 1.807) is 12.2 Å². The van der Waals surface area contributed by atoms with Crippen LogP contribution in [0.3, 0.4) is 0 Å². The number of hydrogen-bond donors (Lipinski definition) is 0. The highest BCUT2D eigenvalue weighted by molar-refractivity contribution is 5.91. The first-order valence-corrected chi connectivity index (χ1v) is 2.61. The lowest BCUT2D eigenvalue weighted by molar-refractivity contribution is -0.121. The predicted octanol–water partition coefficient (Wildman–Crippen LogP) is 0.530. The zero-order valence-corrected chi connectivity index (χ0v) is 4.76. The lowest BCUT2D eigenvalue weighted by atomic mass is 10.2.